The number of nitrogens with zero attached hydrogens (tertiary/aromatic N) is 3. The number of carbonyl (C=O) groups excluding carboxylic acids is 1. The molecule has 1 aliphatic carbocycles. The van der Waals surface area contributed by atoms with E-state index < -0.39 is 0 Å². The van der Waals surface area contributed by atoms with Gasteiger partial charge in [-0.2, -0.15) is 5.10 Å². The quantitative estimate of drug-likeness (QED) is 0.711. The molecule has 140 valence electrons. The fraction of sp³-hybridized carbons (Fsp3) is 0.261. The summed E-state index contributed by atoms with van der Waals surface area (Å²) in [7, 11) is 0. The second-order valence-corrected chi connectivity index (χ2v) is 7.43. The minimum Gasteiger partial charge on any atom is -0.338 e. The monoisotopic (exact) mass is 370 g/mol. The van der Waals surface area contributed by atoms with Gasteiger partial charge < -0.3 is 4.90 Å². The Balaban J connectivity index is 1.48. The Kier molecular flexibility index (Phi) is 4.28. The number of aryl methyl sites for hydroxylation is 2. The molecular formula is C23H22N4O. The van der Waals surface area contributed by atoms with Crippen molar-refractivity contribution in [2.45, 2.75) is 25.7 Å². The summed E-state index contributed by atoms with van der Waals surface area (Å²) < 4.78 is 0. The third-order valence-corrected chi connectivity index (χ3v) is 5.85. The highest BCUT2D eigenvalue weighted by Crippen LogP contribution is 2.37. The van der Waals surface area contributed by atoms with E-state index in [1.54, 1.807) is 24.5 Å². The molecule has 1 aliphatic heterocycles. The van der Waals surface area contributed by atoms with Crippen LogP contribution in [-0.2, 0) is 12.8 Å². The number of amides is 1. The summed E-state index contributed by atoms with van der Waals surface area (Å²) in [4.78, 5) is 18.7. The van der Waals surface area contributed by atoms with Gasteiger partial charge in [-0.3, -0.25) is 14.9 Å². The molecule has 1 aromatic carbocycles. The number of likely N-dealkylation sites (tertiary alicyclic amines) is 1. The van der Waals surface area contributed by atoms with Crippen molar-refractivity contribution in [3.8, 4) is 0 Å². The Morgan fingerprint density at radius 3 is 2.50 bits per heavy atom. The lowest BCUT2D eigenvalue weighted by molar-refractivity contribution is 0.0743. The third kappa shape index (κ3) is 2.93. The number of rotatable bonds is 1. The highest BCUT2D eigenvalue weighted by molar-refractivity contribution is 5.94. The van der Waals surface area contributed by atoms with Gasteiger partial charge in [-0.1, -0.05) is 29.8 Å². The molecule has 2 aromatic heterocycles. The molecule has 1 saturated heterocycles. The summed E-state index contributed by atoms with van der Waals surface area (Å²) in [6, 6.07) is 12.3. The number of hydrogen-bond donors (Lipinski definition) is 1. The SMILES string of the molecule is O=C(c1ccncc1)N1CCC(=C2c3ccccc3CCc3cn[nH]c32)CC1. The Hall–Kier alpha value is -3.21. The molecule has 1 fully saturated rings. The van der Waals surface area contributed by atoms with Crippen molar-refractivity contribution >= 4 is 11.5 Å². The van der Waals surface area contributed by atoms with Crippen molar-refractivity contribution in [1.29, 1.82) is 0 Å². The molecule has 5 rings (SSSR count). The highest BCUT2D eigenvalue weighted by atomic mass is 16.2. The number of carbonyl (C=O) groups is 1. The second-order valence-electron chi connectivity index (χ2n) is 7.43. The van der Waals surface area contributed by atoms with Crippen molar-refractivity contribution in [1.82, 2.24) is 20.1 Å². The molecule has 3 heterocycles. The van der Waals surface area contributed by atoms with Gasteiger partial charge in [0.15, 0.2) is 0 Å². The van der Waals surface area contributed by atoms with Crippen molar-refractivity contribution in [3.63, 3.8) is 0 Å². The molecular weight excluding hydrogens is 348 g/mol. The largest absolute Gasteiger partial charge is 0.338 e. The number of H-pyrrole nitrogens is 1. The number of pyridine rings is 1. The molecule has 5 heteroatoms. The van der Waals surface area contributed by atoms with Gasteiger partial charge in [0.1, 0.15) is 0 Å². The molecule has 5 nitrogen and oxygen atoms in total. The standard InChI is InChI=1S/C23H22N4O/c28-23(18-7-11-24-12-8-18)27-13-9-17(10-14-27)21-20-4-2-1-3-16(20)5-6-19-15-25-26-22(19)21/h1-4,7-8,11-12,15H,5-6,9-10,13-14H2,(H,25,26). The number of fused-ring (bicyclic) bond motifs is 2. The summed E-state index contributed by atoms with van der Waals surface area (Å²) >= 11 is 0. The predicted molar refractivity (Wildman–Crippen MR) is 108 cm³/mol. The Morgan fingerprint density at radius 1 is 0.929 bits per heavy atom. The van der Waals surface area contributed by atoms with E-state index in [0.29, 0.717) is 5.56 Å². The van der Waals surface area contributed by atoms with E-state index in [4.69, 9.17) is 0 Å². The molecule has 0 unspecified atom stereocenters. The van der Waals surface area contributed by atoms with Crippen LogP contribution in [0.2, 0.25) is 0 Å². The highest BCUT2D eigenvalue weighted by Gasteiger charge is 2.26. The average Bonchev–Trinajstić information content (AvgIpc) is 3.16. The summed E-state index contributed by atoms with van der Waals surface area (Å²) in [6.45, 7) is 1.48. The maximum atomic E-state index is 12.8. The van der Waals surface area contributed by atoms with E-state index in [1.807, 2.05) is 11.1 Å². The minimum atomic E-state index is 0.0925. The van der Waals surface area contributed by atoms with Crippen molar-refractivity contribution < 1.29 is 4.79 Å². The van der Waals surface area contributed by atoms with E-state index in [9.17, 15) is 4.79 Å². The van der Waals surface area contributed by atoms with Crippen LogP contribution in [-0.4, -0.2) is 39.1 Å². The summed E-state index contributed by atoms with van der Waals surface area (Å²) in [5.74, 6) is 0.0925. The van der Waals surface area contributed by atoms with Gasteiger partial charge in [0, 0.05) is 36.6 Å². The van der Waals surface area contributed by atoms with Crippen LogP contribution in [0.4, 0.5) is 0 Å². The van der Waals surface area contributed by atoms with Crippen LogP contribution in [0.3, 0.4) is 0 Å². The molecule has 0 spiro atoms. The van der Waals surface area contributed by atoms with Crippen LogP contribution < -0.4 is 0 Å². The van der Waals surface area contributed by atoms with E-state index in [2.05, 4.69) is 39.4 Å². The fourth-order valence-corrected chi connectivity index (χ4v) is 4.38. The Labute approximate surface area is 164 Å². The number of aromatic nitrogens is 3. The number of hydrogen-bond acceptors (Lipinski definition) is 3. The molecule has 28 heavy (non-hydrogen) atoms. The molecule has 1 N–H and O–H groups in total. The minimum absolute atomic E-state index is 0.0925. The number of piperidine rings is 1. The van der Waals surface area contributed by atoms with Gasteiger partial charge in [0.05, 0.1) is 11.9 Å². The van der Waals surface area contributed by atoms with Gasteiger partial charge in [-0.05, 0) is 54.5 Å². The molecule has 0 saturated carbocycles. The van der Waals surface area contributed by atoms with E-state index in [0.717, 1.165) is 44.5 Å². The van der Waals surface area contributed by atoms with Crippen LogP contribution >= 0.6 is 0 Å². The lowest BCUT2D eigenvalue weighted by Crippen LogP contribution is -2.36. The molecule has 2 aliphatic rings. The van der Waals surface area contributed by atoms with Crippen molar-refractivity contribution in [2.75, 3.05) is 13.1 Å². The Bertz CT molecular complexity index is 1040. The summed E-state index contributed by atoms with van der Waals surface area (Å²) in [5, 5.41) is 7.57. The van der Waals surface area contributed by atoms with Gasteiger partial charge >= 0.3 is 0 Å². The topological polar surface area (TPSA) is 61.9 Å². The van der Waals surface area contributed by atoms with Crippen molar-refractivity contribution in [3.05, 3.63) is 88.5 Å². The van der Waals surface area contributed by atoms with Gasteiger partial charge in [0.25, 0.3) is 5.91 Å². The second kappa shape index (κ2) is 7.08. The molecule has 0 bridgehead atoms. The maximum absolute atomic E-state index is 12.8. The number of benzene rings is 1. The lowest BCUT2D eigenvalue weighted by atomic mass is 9.89. The molecule has 0 atom stereocenters. The van der Waals surface area contributed by atoms with E-state index in [-0.39, 0.29) is 5.91 Å². The average molecular weight is 370 g/mol. The lowest BCUT2D eigenvalue weighted by Gasteiger charge is -2.30. The van der Waals surface area contributed by atoms with Crippen LogP contribution in [0.5, 0.6) is 0 Å². The van der Waals surface area contributed by atoms with Gasteiger partial charge in [-0.25, -0.2) is 0 Å². The number of aromatic amines is 1. The third-order valence-electron chi connectivity index (χ3n) is 5.85. The van der Waals surface area contributed by atoms with Crippen LogP contribution in [0.15, 0.2) is 60.6 Å². The molecule has 1 amide bonds. The first-order valence-electron chi connectivity index (χ1n) is 9.83. The smallest absolute Gasteiger partial charge is 0.253 e. The Morgan fingerprint density at radius 2 is 1.68 bits per heavy atom. The maximum Gasteiger partial charge on any atom is 0.253 e. The van der Waals surface area contributed by atoms with Gasteiger partial charge in [0.2, 0.25) is 0 Å². The predicted octanol–water partition coefficient (Wildman–Crippen LogP) is 3.64. The first kappa shape index (κ1) is 16.9. The zero-order valence-electron chi connectivity index (χ0n) is 15.7. The number of nitrogens with one attached hydrogen (secondary N) is 1. The van der Waals surface area contributed by atoms with Crippen LogP contribution in [0.25, 0.3) is 5.57 Å². The fourth-order valence-electron chi connectivity index (χ4n) is 4.38. The summed E-state index contributed by atoms with van der Waals surface area (Å²) in [5.41, 5.74) is 8.58. The molecule has 3 aromatic rings. The van der Waals surface area contributed by atoms with Gasteiger partial charge in [-0.15, -0.1) is 0 Å². The van der Waals surface area contributed by atoms with E-state index in [1.165, 1.54) is 27.8 Å². The zero-order chi connectivity index (χ0) is 18.9. The van der Waals surface area contributed by atoms with Crippen molar-refractivity contribution in [2.24, 2.45) is 0 Å². The normalized spacial score (nSPS) is 16.4. The van der Waals surface area contributed by atoms with Crippen LogP contribution in [0.1, 0.15) is 45.6 Å². The first-order valence-corrected chi connectivity index (χ1v) is 9.83. The first-order chi connectivity index (χ1) is 13.8. The van der Waals surface area contributed by atoms with Crippen LogP contribution in [0, 0.1) is 0 Å². The summed E-state index contributed by atoms with van der Waals surface area (Å²) in [6.07, 6.45) is 9.12. The van der Waals surface area contributed by atoms with E-state index >= 15 is 0 Å². The zero-order valence-corrected chi connectivity index (χ0v) is 15.7. The molecule has 0 radical (unpaired) electrons.